The van der Waals surface area contributed by atoms with Crippen LogP contribution < -0.4 is 20.1 Å². The minimum atomic E-state index is -0.286. The molecule has 142 valence electrons. The molecule has 0 bridgehead atoms. The molecule has 1 aromatic rings. The Hall–Kier alpha value is -1.27. The number of rotatable bonds is 10. The quantitative estimate of drug-likeness (QED) is 0.567. The highest BCUT2D eigenvalue weighted by Gasteiger charge is 2.18. The summed E-state index contributed by atoms with van der Waals surface area (Å²) in [6, 6.07) is 3.77. The third-order valence-corrected chi connectivity index (χ3v) is 4.25. The first-order chi connectivity index (χ1) is 11.8. The van der Waals surface area contributed by atoms with E-state index in [1.54, 1.807) is 7.11 Å². The predicted molar refractivity (Wildman–Crippen MR) is 105 cm³/mol. The van der Waals surface area contributed by atoms with E-state index in [0.717, 1.165) is 23.0 Å². The molecule has 1 amide bonds. The zero-order chi connectivity index (χ0) is 18.9. The molecule has 0 radical (unpaired) electrons. The highest BCUT2D eigenvalue weighted by Crippen LogP contribution is 2.36. The van der Waals surface area contributed by atoms with Gasteiger partial charge in [0.25, 0.3) is 5.91 Å². The summed E-state index contributed by atoms with van der Waals surface area (Å²) in [4.78, 5) is 12.1. The molecule has 0 fully saturated rings. The van der Waals surface area contributed by atoms with Crippen molar-refractivity contribution in [3.63, 3.8) is 0 Å². The molecular weight excluding hydrogens is 384 g/mol. The molecule has 1 aromatic carbocycles. The zero-order valence-electron chi connectivity index (χ0n) is 16.0. The number of hydrogen-bond acceptors (Lipinski definition) is 4. The second-order valence-corrected chi connectivity index (χ2v) is 7.88. The molecule has 0 aliphatic rings. The topological polar surface area (TPSA) is 59.6 Å². The molecular formula is C19H31BrN2O3. The van der Waals surface area contributed by atoms with E-state index < -0.39 is 0 Å². The fourth-order valence-corrected chi connectivity index (χ4v) is 2.82. The minimum Gasteiger partial charge on any atom is -0.493 e. The molecule has 0 aliphatic carbocycles. The summed E-state index contributed by atoms with van der Waals surface area (Å²) >= 11 is 3.57. The SMILES string of the molecule is CCCCCNCc1c(Br)ccc(OC)c1OCC(=O)NC(C)(C)C. The first-order valence-electron chi connectivity index (χ1n) is 8.78. The molecule has 0 aromatic heterocycles. The summed E-state index contributed by atoms with van der Waals surface area (Å²) < 4.78 is 12.2. The smallest absolute Gasteiger partial charge is 0.258 e. The Balaban J connectivity index is 2.80. The average Bonchev–Trinajstić information content (AvgIpc) is 2.52. The van der Waals surface area contributed by atoms with E-state index in [2.05, 4.69) is 33.5 Å². The summed E-state index contributed by atoms with van der Waals surface area (Å²) in [5, 5.41) is 6.32. The average molecular weight is 415 g/mol. The van der Waals surface area contributed by atoms with Crippen LogP contribution in [-0.2, 0) is 11.3 Å². The molecule has 2 N–H and O–H groups in total. The van der Waals surface area contributed by atoms with Gasteiger partial charge in [-0.25, -0.2) is 0 Å². The first-order valence-corrected chi connectivity index (χ1v) is 9.57. The number of carbonyl (C=O) groups excluding carboxylic acids is 1. The zero-order valence-corrected chi connectivity index (χ0v) is 17.6. The minimum absolute atomic E-state index is 0.0487. The molecule has 0 saturated carbocycles. The number of nitrogens with one attached hydrogen (secondary N) is 2. The molecule has 1 rings (SSSR count). The van der Waals surface area contributed by atoms with Crippen LogP contribution in [0.4, 0.5) is 0 Å². The van der Waals surface area contributed by atoms with Crippen LogP contribution in [0.15, 0.2) is 16.6 Å². The third kappa shape index (κ3) is 8.10. The third-order valence-electron chi connectivity index (χ3n) is 3.51. The van der Waals surface area contributed by atoms with Crippen LogP contribution in [0.25, 0.3) is 0 Å². The highest BCUT2D eigenvalue weighted by atomic mass is 79.9. The summed E-state index contributed by atoms with van der Waals surface area (Å²) in [7, 11) is 1.60. The van der Waals surface area contributed by atoms with Gasteiger partial charge in [0.05, 0.1) is 7.11 Å². The van der Waals surface area contributed by atoms with Crippen molar-refractivity contribution >= 4 is 21.8 Å². The Kier molecular flexibility index (Phi) is 9.28. The number of unbranched alkanes of at least 4 members (excludes halogenated alkanes) is 2. The van der Waals surface area contributed by atoms with Gasteiger partial charge in [0.15, 0.2) is 18.1 Å². The van der Waals surface area contributed by atoms with E-state index in [1.807, 2.05) is 32.9 Å². The number of ether oxygens (including phenoxy) is 2. The predicted octanol–water partition coefficient (Wildman–Crippen LogP) is 4.03. The monoisotopic (exact) mass is 414 g/mol. The number of hydrogen-bond donors (Lipinski definition) is 2. The van der Waals surface area contributed by atoms with Crippen molar-refractivity contribution in [3.8, 4) is 11.5 Å². The number of carbonyl (C=O) groups is 1. The van der Waals surface area contributed by atoms with Gasteiger partial charge < -0.3 is 20.1 Å². The Morgan fingerprint density at radius 3 is 2.56 bits per heavy atom. The molecule has 0 unspecified atom stereocenters. The lowest BCUT2D eigenvalue weighted by atomic mass is 10.1. The van der Waals surface area contributed by atoms with Gasteiger partial charge in [0.1, 0.15) is 0 Å². The van der Waals surface area contributed by atoms with Crippen LogP contribution in [0.5, 0.6) is 11.5 Å². The van der Waals surface area contributed by atoms with Crippen LogP contribution in [0, 0.1) is 0 Å². The van der Waals surface area contributed by atoms with Crippen LogP contribution in [0.3, 0.4) is 0 Å². The van der Waals surface area contributed by atoms with Crippen molar-refractivity contribution in [2.24, 2.45) is 0 Å². The number of methoxy groups -OCH3 is 1. The van der Waals surface area contributed by atoms with Crippen LogP contribution in [0.1, 0.15) is 52.5 Å². The lowest BCUT2D eigenvalue weighted by molar-refractivity contribution is -0.124. The fourth-order valence-electron chi connectivity index (χ4n) is 2.37. The van der Waals surface area contributed by atoms with Gasteiger partial charge in [-0.3, -0.25) is 4.79 Å². The summed E-state index contributed by atoms with van der Waals surface area (Å²) in [6.45, 7) is 9.56. The van der Waals surface area contributed by atoms with Gasteiger partial charge in [-0.1, -0.05) is 35.7 Å². The van der Waals surface area contributed by atoms with Crippen molar-refractivity contribution in [1.29, 1.82) is 0 Å². The highest BCUT2D eigenvalue weighted by molar-refractivity contribution is 9.10. The van der Waals surface area contributed by atoms with Gasteiger partial charge in [0, 0.05) is 22.1 Å². The van der Waals surface area contributed by atoms with Crippen LogP contribution >= 0.6 is 15.9 Å². The maximum atomic E-state index is 12.1. The van der Waals surface area contributed by atoms with E-state index in [0.29, 0.717) is 18.0 Å². The second-order valence-electron chi connectivity index (χ2n) is 7.03. The molecule has 0 saturated heterocycles. The second kappa shape index (κ2) is 10.7. The van der Waals surface area contributed by atoms with Crippen molar-refractivity contribution in [3.05, 3.63) is 22.2 Å². The molecule has 5 nitrogen and oxygen atoms in total. The lowest BCUT2D eigenvalue weighted by Crippen LogP contribution is -2.43. The molecule has 0 spiro atoms. The lowest BCUT2D eigenvalue weighted by Gasteiger charge is -2.21. The maximum absolute atomic E-state index is 12.1. The molecule has 25 heavy (non-hydrogen) atoms. The van der Waals surface area contributed by atoms with E-state index in [9.17, 15) is 4.79 Å². The standard InChI is InChI=1S/C19H31BrN2O3/c1-6-7-8-11-21-12-14-15(20)9-10-16(24-5)18(14)25-13-17(23)22-19(2,3)4/h9-10,21H,6-8,11-13H2,1-5H3,(H,22,23). The van der Waals surface area contributed by atoms with E-state index in [4.69, 9.17) is 9.47 Å². The van der Waals surface area contributed by atoms with E-state index >= 15 is 0 Å². The molecule has 0 heterocycles. The van der Waals surface area contributed by atoms with Gasteiger partial charge in [-0.05, 0) is 45.9 Å². The Bertz CT molecular complexity index is 556. The molecule has 6 heteroatoms. The summed E-state index contributed by atoms with van der Waals surface area (Å²) in [5.74, 6) is 1.07. The van der Waals surface area contributed by atoms with E-state index in [1.165, 1.54) is 12.8 Å². The van der Waals surface area contributed by atoms with Crippen molar-refractivity contribution < 1.29 is 14.3 Å². The van der Waals surface area contributed by atoms with Gasteiger partial charge >= 0.3 is 0 Å². The number of halogens is 1. The van der Waals surface area contributed by atoms with Crippen LogP contribution in [-0.4, -0.2) is 31.7 Å². The summed E-state index contributed by atoms with van der Waals surface area (Å²) in [5.41, 5.74) is 0.672. The molecule has 0 aliphatic heterocycles. The number of amides is 1. The van der Waals surface area contributed by atoms with Gasteiger partial charge in [-0.15, -0.1) is 0 Å². The first kappa shape index (κ1) is 21.8. The van der Waals surface area contributed by atoms with E-state index in [-0.39, 0.29) is 18.1 Å². The Labute approximate surface area is 160 Å². The Morgan fingerprint density at radius 2 is 1.96 bits per heavy atom. The number of benzene rings is 1. The maximum Gasteiger partial charge on any atom is 0.258 e. The van der Waals surface area contributed by atoms with Crippen LogP contribution in [0.2, 0.25) is 0 Å². The van der Waals surface area contributed by atoms with Gasteiger partial charge in [0.2, 0.25) is 0 Å². The largest absolute Gasteiger partial charge is 0.493 e. The fraction of sp³-hybridized carbons (Fsp3) is 0.632. The van der Waals surface area contributed by atoms with Gasteiger partial charge in [-0.2, -0.15) is 0 Å². The molecule has 0 atom stereocenters. The van der Waals surface area contributed by atoms with Crippen molar-refractivity contribution in [2.75, 3.05) is 20.3 Å². The Morgan fingerprint density at radius 1 is 1.24 bits per heavy atom. The van der Waals surface area contributed by atoms with Crippen molar-refractivity contribution in [1.82, 2.24) is 10.6 Å². The van der Waals surface area contributed by atoms with Crippen molar-refractivity contribution in [2.45, 2.75) is 59.0 Å². The summed E-state index contributed by atoms with van der Waals surface area (Å²) in [6.07, 6.45) is 3.55. The normalized spacial score (nSPS) is 11.3.